The zero-order chi connectivity index (χ0) is 15.3. The first-order valence-electron chi connectivity index (χ1n) is 6.23. The Morgan fingerprint density at radius 1 is 1.45 bits per heavy atom. The number of nitrogens with zero attached hydrogens (tertiary/aromatic N) is 1. The highest BCUT2D eigenvalue weighted by Crippen LogP contribution is 2.08. The van der Waals surface area contributed by atoms with Crippen LogP contribution in [-0.2, 0) is 16.1 Å². The molecule has 1 aromatic heterocycles. The molecule has 0 fully saturated rings. The van der Waals surface area contributed by atoms with Crippen molar-refractivity contribution in [1.29, 1.82) is 0 Å². The van der Waals surface area contributed by atoms with E-state index in [1.807, 2.05) is 6.92 Å². The first-order valence-corrected chi connectivity index (χ1v) is 7.02. The highest BCUT2D eigenvalue weighted by Gasteiger charge is 2.25. The Kier molecular flexibility index (Phi) is 5.94. The first-order chi connectivity index (χ1) is 9.35. The van der Waals surface area contributed by atoms with Crippen LogP contribution in [0.5, 0.6) is 0 Å². The van der Waals surface area contributed by atoms with E-state index in [4.69, 9.17) is 5.11 Å². The van der Waals surface area contributed by atoms with Crippen LogP contribution in [0.25, 0.3) is 0 Å². The summed E-state index contributed by atoms with van der Waals surface area (Å²) in [5.41, 5.74) is -0.321. The maximum Gasteiger partial charge on any atom is 0.326 e. The van der Waals surface area contributed by atoms with Crippen LogP contribution in [0.4, 0.5) is 0 Å². The van der Waals surface area contributed by atoms with Gasteiger partial charge < -0.3 is 15.0 Å². The second-order valence-electron chi connectivity index (χ2n) is 4.58. The van der Waals surface area contributed by atoms with Gasteiger partial charge in [-0.1, -0.05) is 20.3 Å². The first kappa shape index (κ1) is 16.4. The Bertz CT molecular complexity index is 556. The van der Waals surface area contributed by atoms with Gasteiger partial charge in [0.05, 0.1) is 0 Å². The van der Waals surface area contributed by atoms with Crippen molar-refractivity contribution in [2.24, 2.45) is 5.92 Å². The van der Waals surface area contributed by atoms with Crippen molar-refractivity contribution in [3.05, 3.63) is 33.2 Å². The number of amides is 1. The lowest BCUT2D eigenvalue weighted by molar-refractivity contribution is -0.143. The maximum atomic E-state index is 11.9. The maximum absolute atomic E-state index is 11.9. The number of rotatable bonds is 6. The summed E-state index contributed by atoms with van der Waals surface area (Å²) in [5, 5.41) is 11.5. The van der Waals surface area contributed by atoms with E-state index in [1.54, 1.807) is 13.0 Å². The van der Waals surface area contributed by atoms with E-state index in [9.17, 15) is 14.4 Å². The second kappa shape index (κ2) is 7.23. The fourth-order valence-corrected chi connectivity index (χ4v) is 2.06. The van der Waals surface area contributed by atoms with E-state index in [2.05, 4.69) is 21.2 Å². The van der Waals surface area contributed by atoms with Gasteiger partial charge in [0.2, 0.25) is 5.91 Å². The van der Waals surface area contributed by atoms with Crippen molar-refractivity contribution in [3.63, 3.8) is 0 Å². The average molecular weight is 345 g/mol. The van der Waals surface area contributed by atoms with E-state index in [1.165, 1.54) is 16.8 Å². The zero-order valence-electron chi connectivity index (χ0n) is 11.3. The zero-order valence-corrected chi connectivity index (χ0v) is 12.9. The minimum Gasteiger partial charge on any atom is -0.480 e. The molecular formula is C13H17BrN2O4. The molecule has 0 radical (unpaired) electrons. The molecule has 1 aromatic rings. The van der Waals surface area contributed by atoms with Gasteiger partial charge in [0.15, 0.2) is 0 Å². The van der Waals surface area contributed by atoms with Gasteiger partial charge in [-0.15, -0.1) is 0 Å². The third-order valence-electron chi connectivity index (χ3n) is 3.06. The SMILES string of the molecule is CC[C@H](C)[C@H](NC(=O)Cn1cc(Br)ccc1=O)C(=O)O. The van der Waals surface area contributed by atoms with Gasteiger partial charge in [-0.25, -0.2) is 4.79 Å². The van der Waals surface area contributed by atoms with Gasteiger partial charge in [0, 0.05) is 16.7 Å². The summed E-state index contributed by atoms with van der Waals surface area (Å²) < 4.78 is 1.89. The number of aromatic nitrogens is 1. The molecule has 110 valence electrons. The molecule has 0 unspecified atom stereocenters. The topological polar surface area (TPSA) is 88.4 Å². The summed E-state index contributed by atoms with van der Waals surface area (Å²) in [7, 11) is 0. The lowest BCUT2D eigenvalue weighted by Crippen LogP contribution is -2.46. The molecule has 0 saturated heterocycles. The predicted molar refractivity (Wildman–Crippen MR) is 77.4 cm³/mol. The van der Waals surface area contributed by atoms with Crippen LogP contribution in [0, 0.1) is 5.92 Å². The number of carboxylic acids is 1. The number of hydrogen-bond acceptors (Lipinski definition) is 3. The van der Waals surface area contributed by atoms with Gasteiger partial charge in [0.25, 0.3) is 5.56 Å². The largest absolute Gasteiger partial charge is 0.480 e. The minimum atomic E-state index is -1.07. The molecule has 1 heterocycles. The fourth-order valence-electron chi connectivity index (χ4n) is 1.68. The van der Waals surface area contributed by atoms with E-state index in [-0.39, 0.29) is 18.0 Å². The summed E-state index contributed by atoms with van der Waals surface area (Å²) in [6.07, 6.45) is 2.12. The highest BCUT2D eigenvalue weighted by atomic mass is 79.9. The summed E-state index contributed by atoms with van der Waals surface area (Å²) >= 11 is 3.21. The van der Waals surface area contributed by atoms with E-state index < -0.39 is 17.9 Å². The van der Waals surface area contributed by atoms with Gasteiger partial charge in [-0.05, 0) is 27.9 Å². The van der Waals surface area contributed by atoms with Crippen LogP contribution >= 0.6 is 15.9 Å². The van der Waals surface area contributed by atoms with E-state index in [0.29, 0.717) is 10.9 Å². The van der Waals surface area contributed by atoms with Gasteiger partial charge >= 0.3 is 5.97 Å². The second-order valence-corrected chi connectivity index (χ2v) is 5.50. The predicted octanol–water partition coefficient (Wildman–Crippen LogP) is 1.23. The van der Waals surface area contributed by atoms with Crippen LogP contribution in [0.2, 0.25) is 0 Å². The van der Waals surface area contributed by atoms with Gasteiger partial charge in [-0.3, -0.25) is 9.59 Å². The molecule has 0 aliphatic heterocycles. The number of nitrogens with one attached hydrogen (secondary N) is 1. The molecule has 0 bridgehead atoms. The van der Waals surface area contributed by atoms with Gasteiger partial charge in [0.1, 0.15) is 12.6 Å². The van der Waals surface area contributed by atoms with E-state index >= 15 is 0 Å². The number of carbonyl (C=O) groups is 2. The molecule has 1 rings (SSSR count). The van der Waals surface area contributed by atoms with Crippen molar-refractivity contribution in [1.82, 2.24) is 9.88 Å². The Balaban J connectivity index is 2.78. The number of hydrogen-bond donors (Lipinski definition) is 2. The average Bonchev–Trinajstić information content (AvgIpc) is 2.39. The van der Waals surface area contributed by atoms with Crippen LogP contribution in [0.1, 0.15) is 20.3 Å². The highest BCUT2D eigenvalue weighted by molar-refractivity contribution is 9.10. The molecule has 0 spiro atoms. The van der Waals surface area contributed by atoms with Crippen LogP contribution in [0.15, 0.2) is 27.6 Å². The quantitative estimate of drug-likeness (QED) is 0.812. The molecule has 2 N–H and O–H groups in total. The van der Waals surface area contributed by atoms with Crippen LogP contribution < -0.4 is 10.9 Å². The van der Waals surface area contributed by atoms with Crippen molar-refractivity contribution in [2.45, 2.75) is 32.9 Å². The van der Waals surface area contributed by atoms with Crippen molar-refractivity contribution in [3.8, 4) is 0 Å². The normalized spacial score (nSPS) is 13.6. The number of aliphatic carboxylic acids is 1. The molecule has 0 aromatic carbocycles. The van der Waals surface area contributed by atoms with Gasteiger partial charge in [-0.2, -0.15) is 0 Å². The summed E-state index contributed by atoms with van der Waals surface area (Å²) in [5.74, 6) is -1.76. The lowest BCUT2D eigenvalue weighted by atomic mass is 9.99. The number of halogens is 1. The molecular weight excluding hydrogens is 328 g/mol. The summed E-state index contributed by atoms with van der Waals surface area (Å²) in [6.45, 7) is 3.40. The molecule has 0 aliphatic rings. The summed E-state index contributed by atoms with van der Waals surface area (Å²) in [4.78, 5) is 34.5. The number of pyridine rings is 1. The third kappa shape index (κ3) is 4.48. The molecule has 7 heteroatoms. The molecule has 1 amide bonds. The molecule has 0 aliphatic carbocycles. The van der Waals surface area contributed by atoms with Crippen LogP contribution in [0.3, 0.4) is 0 Å². The van der Waals surface area contributed by atoms with Crippen LogP contribution in [-0.4, -0.2) is 27.6 Å². The monoisotopic (exact) mass is 344 g/mol. The lowest BCUT2D eigenvalue weighted by Gasteiger charge is -2.20. The Hall–Kier alpha value is -1.63. The number of carbonyl (C=O) groups excluding carboxylic acids is 1. The third-order valence-corrected chi connectivity index (χ3v) is 3.53. The van der Waals surface area contributed by atoms with Crippen molar-refractivity contribution in [2.75, 3.05) is 0 Å². The smallest absolute Gasteiger partial charge is 0.326 e. The standard InChI is InChI=1S/C13H17BrN2O4/c1-3-8(2)12(13(19)20)15-10(17)7-16-6-9(14)4-5-11(16)18/h4-6,8,12H,3,7H2,1-2H3,(H,15,17)(H,19,20)/t8-,12-/m0/s1. The summed E-state index contributed by atoms with van der Waals surface area (Å²) in [6, 6.07) is 1.96. The number of carboxylic acid groups (broad SMARTS) is 1. The molecule has 2 atom stereocenters. The van der Waals surface area contributed by atoms with Crippen molar-refractivity contribution >= 4 is 27.8 Å². The Labute approximate surface area is 124 Å². The molecule has 0 saturated carbocycles. The molecule has 20 heavy (non-hydrogen) atoms. The Morgan fingerprint density at radius 2 is 2.10 bits per heavy atom. The Morgan fingerprint density at radius 3 is 2.65 bits per heavy atom. The van der Waals surface area contributed by atoms with Crippen molar-refractivity contribution < 1.29 is 14.7 Å². The fraction of sp³-hybridized carbons (Fsp3) is 0.462. The minimum absolute atomic E-state index is 0.185. The van der Waals surface area contributed by atoms with E-state index in [0.717, 1.165) is 0 Å². The molecule has 6 nitrogen and oxygen atoms in total.